The van der Waals surface area contributed by atoms with E-state index in [4.69, 9.17) is 14.6 Å². The largest absolute Gasteiger partial charge is 0.481 e. The van der Waals surface area contributed by atoms with E-state index >= 15 is 0 Å². The number of carboxylic acid groups (broad SMARTS) is 1. The summed E-state index contributed by atoms with van der Waals surface area (Å²) in [5, 5.41) is 10.7. The Morgan fingerprint density at radius 1 is 1.29 bits per heavy atom. The molecule has 0 atom stereocenters. The van der Waals surface area contributed by atoms with Crippen molar-refractivity contribution in [2.24, 2.45) is 0 Å². The lowest BCUT2D eigenvalue weighted by Crippen LogP contribution is -2.29. The van der Waals surface area contributed by atoms with Gasteiger partial charge in [0.15, 0.2) is 0 Å². The van der Waals surface area contributed by atoms with Crippen LogP contribution in [0.25, 0.3) is 0 Å². The van der Waals surface area contributed by atoms with Crippen LogP contribution in [0, 0.1) is 0 Å². The molecule has 14 heavy (non-hydrogen) atoms. The molecule has 0 unspecified atom stereocenters. The maximum atomic E-state index is 10.8. The van der Waals surface area contributed by atoms with Gasteiger partial charge in [0, 0.05) is 13.7 Å². The lowest BCUT2D eigenvalue weighted by molar-refractivity contribution is -0.140. The summed E-state index contributed by atoms with van der Waals surface area (Å²) in [4.78, 5) is 20.8. The van der Waals surface area contributed by atoms with Gasteiger partial charge in [-0.15, -0.1) is 0 Å². The number of hydrogen-bond acceptors (Lipinski definition) is 4. The Balaban J connectivity index is 3.19. The molecule has 0 aliphatic carbocycles. The summed E-state index contributed by atoms with van der Waals surface area (Å²) in [6.45, 7) is 1.64. The third-order valence-electron chi connectivity index (χ3n) is 1.31. The first-order chi connectivity index (χ1) is 6.66. The van der Waals surface area contributed by atoms with Crippen molar-refractivity contribution in [3.63, 3.8) is 0 Å². The van der Waals surface area contributed by atoms with E-state index in [1.165, 1.54) is 0 Å². The van der Waals surface area contributed by atoms with Crippen LogP contribution in [0.1, 0.15) is 6.42 Å². The second-order valence-electron chi connectivity index (χ2n) is 2.53. The number of carbonyl (C=O) groups excluding carboxylic acids is 1. The maximum Gasteiger partial charge on any atom is 0.312 e. The van der Waals surface area contributed by atoms with Gasteiger partial charge in [0.05, 0.1) is 19.8 Å². The smallest absolute Gasteiger partial charge is 0.312 e. The molecule has 0 fully saturated rings. The highest BCUT2D eigenvalue weighted by Crippen LogP contribution is 1.79. The zero-order valence-corrected chi connectivity index (χ0v) is 8.12. The standard InChI is InChI=1S/C8H15NO5/c1-13-4-5-14-3-2-9-7(10)6-8(11)12/h2-6H2,1H3,(H,9,10)(H,11,12). The highest BCUT2D eigenvalue weighted by atomic mass is 16.5. The molecule has 0 radical (unpaired) electrons. The normalized spacial score (nSPS) is 9.79. The molecule has 0 spiro atoms. The lowest BCUT2D eigenvalue weighted by Gasteiger charge is -2.04. The molecular weight excluding hydrogens is 190 g/mol. The second-order valence-corrected chi connectivity index (χ2v) is 2.53. The number of carbonyl (C=O) groups is 2. The molecule has 2 N–H and O–H groups in total. The Morgan fingerprint density at radius 2 is 2.00 bits per heavy atom. The Labute approximate surface area is 82.2 Å². The molecule has 1 amide bonds. The Hall–Kier alpha value is -1.14. The first-order valence-electron chi connectivity index (χ1n) is 4.22. The summed E-state index contributed by atoms with van der Waals surface area (Å²) in [7, 11) is 1.57. The van der Waals surface area contributed by atoms with E-state index in [1.54, 1.807) is 7.11 Å². The highest BCUT2D eigenvalue weighted by Gasteiger charge is 2.05. The third kappa shape index (κ3) is 8.95. The van der Waals surface area contributed by atoms with E-state index in [0.717, 1.165) is 0 Å². The molecule has 0 aromatic carbocycles. The van der Waals surface area contributed by atoms with Crippen molar-refractivity contribution < 1.29 is 24.2 Å². The second kappa shape index (κ2) is 8.46. The van der Waals surface area contributed by atoms with Crippen LogP contribution in [0.3, 0.4) is 0 Å². The topological polar surface area (TPSA) is 84.9 Å². The lowest BCUT2D eigenvalue weighted by atomic mass is 10.4. The number of ether oxygens (including phenoxy) is 2. The summed E-state index contributed by atoms with van der Waals surface area (Å²) >= 11 is 0. The molecule has 6 nitrogen and oxygen atoms in total. The van der Waals surface area contributed by atoms with Gasteiger partial charge in [-0.1, -0.05) is 0 Å². The minimum Gasteiger partial charge on any atom is -0.481 e. The molecule has 0 aromatic rings. The van der Waals surface area contributed by atoms with Gasteiger partial charge in [-0.3, -0.25) is 9.59 Å². The third-order valence-corrected chi connectivity index (χ3v) is 1.31. The quantitative estimate of drug-likeness (QED) is 0.402. The van der Waals surface area contributed by atoms with Gasteiger partial charge in [0.1, 0.15) is 6.42 Å². The van der Waals surface area contributed by atoms with E-state index in [9.17, 15) is 9.59 Å². The van der Waals surface area contributed by atoms with Crippen molar-refractivity contribution in [2.45, 2.75) is 6.42 Å². The number of amides is 1. The van der Waals surface area contributed by atoms with Crippen LogP contribution in [0.5, 0.6) is 0 Å². The Kier molecular flexibility index (Phi) is 7.77. The maximum absolute atomic E-state index is 10.8. The summed E-state index contributed by atoms with van der Waals surface area (Å²) in [5.41, 5.74) is 0. The molecule has 0 aliphatic rings. The molecular formula is C8H15NO5. The van der Waals surface area contributed by atoms with Gasteiger partial charge in [-0.05, 0) is 0 Å². The Morgan fingerprint density at radius 3 is 2.57 bits per heavy atom. The van der Waals surface area contributed by atoms with Crippen molar-refractivity contribution in [3.8, 4) is 0 Å². The van der Waals surface area contributed by atoms with Crippen LogP contribution in [-0.2, 0) is 19.1 Å². The minimum atomic E-state index is -1.14. The first-order valence-corrected chi connectivity index (χ1v) is 4.22. The SMILES string of the molecule is COCCOCCNC(=O)CC(=O)O. The van der Waals surface area contributed by atoms with Gasteiger partial charge in [-0.2, -0.15) is 0 Å². The van der Waals surface area contributed by atoms with Crippen LogP contribution >= 0.6 is 0 Å². The molecule has 0 saturated carbocycles. The van der Waals surface area contributed by atoms with E-state index in [2.05, 4.69) is 5.32 Å². The van der Waals surface area contributed by atoms with Gasteiger partial charge in [0.2, 0.25) is 5.91 Å². The van der Waals surface area contributed by atoms with Crippen molar-refractivity contribution in [2.75, 3.05) is 33.5 Å². The average molecular weight is 205 g/mol. The molecule has 0 aromatic heterocycles. The summed E-state index contributed by atoms with van der Waals surface area (Å²) in [5.74, 6) is -1.64. The molecule has 82 valence electrons. The number of carboxylic acids is 1. The van der Waals surface area contributed by atoms with Crippen LogP contribution in [0.4, 0.5) is 0 Å². The van der Waals surface area contributed by atoms with Crippen molar-refractivity contribution >= 4 is 11.9 Å². The van der Waals surface area contributed by atoms with Crippen LogP contribution in [-0.4, -0.2) is 50.5 Å². The predicted octanol–water partition coefficient (Wildman–Crippen LogP) is -0.760. The van der Waals surface area contributed by atoms with Crippen LogP contribution < -0.4 is 5.32 Å². The number of rotatable bonds is 8. The van der Waals surface area contributed by atoms with E-state index < -0.39 is 18.3 Å². The molecule has 0 aliphatic heterocycles. The zero-order chi connectivity index (χ0) is 10.8. The van der Waals surface area contributed by atoms with Gasteiger partial charge < -0.3 is 19.9 Å². The zero-order valence-electron chi connectivity index (χ0n) is 8.12. The monoisotopic (exact) mass is 205 g/mol. The first kappa shape index (κ1) is 12.9. The summed E-state index contributed by atoms with van der Waals surface area (Å²) in [6.07, 6.45) is -0.502. The summed E-state index contributed by atoms with van der Waals surface area (Å²) < 4.78 is 9.77. The van der Waals surface area contributed by atoms with E-state index in [1.807, 2.05) is 0 Å². The number of nitrogens with one attached hydrogen (secondary N) is 1. The van der Waals surface area contributed by atoms with Crippen molar-refractivity contribution in [1.82, 2.24) is 5.32 Å². The fourth-order valence-electron chi connectivity index (χ4n) is 0.707. The molecule has 6 heteroatoms. The van der Waals surface area contributed by atoms with Gasteiger partial charge >= 0.3 is 5.97 Å². The molecule has 0 heterocycles. The summed E-state index contributed by atoms with van der Waals surface area (Å²) in [6, 6.07) is 0. The molecule has 0 bridgehead atoms. The Bertz CT molecular complexity index is 183. The van der Waals surface area contributed by atoms with Crippen LogP contribution in [0.2, 0.25) is 0 Å². The minimum absolute atomic E-state index is 0.315. The van der Waals surface area contributed by atoms with Crippen molar-refractivity contribution in [1.29, 1.82) is 0 Å². The van der Waals surface area contributed by atoms with Gasteiger partial charge in [0.25, 0.3) is 0 Å². The molecule has 0 saturated heterocycles. The number of aliphatic carboxylic acids is 1. The number of methoxy groups -OCH3 is 1. The molecule has 0 rings (SSSR count). The fraction of sp³-hybridized carbons (Fsp3) is 0.750. The highest BCUT2D eigenvalue weighted by molar-refractivity contribution is 5.93. The number of hydrogen-bond donors (Lipinski definition) is 2. The average Bonchev–Trinajstić information content (AvgIpc) is 2.10. The van der Waals surface area contributed by atoms with E-state index in [0.29, 0.717) is 26.4 Å². The fourth-order valence-corrected chi connectivity index (χ4v) is 0.707. The van der Waals surface area contributed by atoms with Gasteiger partial charge in [-0.25, -0.2) is 0 Å². The predicted molar refractivity (Wildman–Crippen MR) is 48.0 cm³/mol. The van der Waals surface area contributed by atoms with Crippen molar-refractivity contribution in [3.05, 3.63) is 0 Å². The van der Waals surface area contributed by atoms with E-state index in [-0.39, 0.29) is 0 Å². The van der Waals surface area contributed by atoms with Crippen LogP contribution in [0.15, 0.2) is 0 Å².